The number of nitrogens with one attached hydrogen (secondary N) is 2. The van der Waals surface area contributed by atoms with E-state index in [1.54, 1.807) is 19.1 Å². The number of ether oxygens (including phenoxy) is 2. The summed E-state index contributed by atoms with van der Waals surface area (Å²) in [5, 5.41) is 7.01. The van der Waals surface area contributed by atoms with Crippen molar-refractivity contribution in [2.45, 2.75) is 52.1 Å². The van der Waals surface area contributed by atoms with Gasteiger partial charge in [0.05, 0.1) is 12.2 Å². The maximum absolute atomic E-state index is 12.8. The van der Waals surface area contributed by atoms with E-state index in [1.807, 2.05) is 18.2 Å². The van der Waals surface area contributed by atoms with Gasteiger partial charge in [-0.15, -0.1) is 11.3 Å². The SMILES string of the molecule is CCOC(=O)c1c(NC(=O)COc2ccccc2)sc2c1CC(C)(C)NC2(C)C. The molecular weight excluding hydrogens is 388 g/mol. The fraction of sp³-hybridized carbons (Fsp3) is 0.455. The van der Waals surface area contributed by atoms with Gasteiger partial charge in [0.1, 0.15) is 10.8 Å². The van der Waals surface area contributed by atoms with Gasteiger partial charge in [-0.05, 0) is 58.7 Å². The molecule has 1 aliphatic heterocycles. The molecular formula is C22H28N2O4S. The largest absolute Gasteiger partial charge is 0.484 e. The monoisotopic (exact) mass is 416 g/mol. The van der Waals surface area contributed by atoms with E-state index < -0.39 is 5.97 Å². The summed E-state index contributed by atoms with van der Waals surface area (Å²) >= 11 is 1.42. The van der Waals surface area contributed by atoms with Crippen LogP contribution in [0.15, 0.2) is 30.3 Å². The fourth-order valence-corrected chi connectivity index (χ4v) is 5.14. The molecule has 0 saturated heterocycles. The van der Waals surface area contributed by atoms with E-state index in [4.69, 9.17) is 9.47 Å². The van der Waals surface area contributed by atoms with Gasteiger partial charge in [0.25, 0.3) is 5.91 Å². The second-order valence-electron chi connectivity index (χ2n) is 8.29. The van der Waals surface area contributed by atoms with E-state index in [0.29, 0.717) is 22.7 Å². The molecule has 6 nitrogen and oxygen atoms in total. The zero-order chi connectivity index (χ0) is 21.2. The summed E-state index contributed by atoms with van der Waals surface area (Å²) < 4.78 is 10.8. The molecule has 0 atom stereocenters. The van der Waals surface area contributed by atoms with Crippen molar-refractivity contribution < 1.29 is 19.1 Å². The van der Waals surface area contributed by atoms with Crippen LogP contribution in [0, 0.1) is 0 Å². The van der Waals surface area contributed by atoms with Crippen LogP contribution in [-0.2, 0) is 21.5 Å². The summed E-state index contributed by atoms with van der Waals surface area (Å²) in [6.45, 7) is 10.3. The lowest BCUT2D eigenvalue weighted by Gasteiger charge is -2.42. The van der Waals surface area contributed by atoms with Crippen LogP contribution in [0.1, 0.15) is 55.4 Å². The molecule has 0 unspecified atom stereocenters. The zero-order valence-electron chi connectivity index (χ0n) is 17.5. The lowest BCUT2D eigenvalue weighted by atomic mass is 9.81. The van der Waals surface area contributed by atoms with Crippen molar-refractivity contribution in [3.8, 4) is 5.75 Å². The van der Waals surface area contributed by atoms with Crippen molar-refractivity contribution in [2.24, 2.45) is 0 Å². The highest BCUT2D eigenvalue weighted by Crippen LogP contribution is 2.45. The third-order valence-corrected chi connectivity index (χ3v) is 6.16. The Kier molecular flexibility index (Phi) is 6.00. The van der Waals surface area contributed by atoms with Gasteiger partial charge in [-0.25, -0.2) is 4.79 Å². The van der Waals surface area contributed by atoms with Gasteiger partial charge in [-0.3, -0.25) is 4.79 Å². The number of amides is 1. The van der Waals surface area contributed by atoms with E-state index in [1.165, 1.54) is 11.3 Å². The highest BCUT2D eigenvalue weighted by Gasteiger charge is 2.42. The number of anilines is 1. The van der Waals surface area contributed by atoms with Crippen LogP contribution in [-0.4, -0.2) is 30.6 Å². The smallest absolute Gasteiger partial charge is 0.341 e. The molecule has 1 aromatic heterocycles. The number of hydrogen-bond acceptors (Lipinski definition) is 6. The van der Waals surface area contributed by atoms with Crippen LogP contribution in [0.3, 0.4) is 0 Å². The number of benzene rings is 1. The molecule has 2 N–H and O–H groups in total. The summed E-state index contributed by atoms with van der Waals surface area (Å²) in [4.78, 5) is 26.3. The molecule has 3 rings (SSSR count). The van der Waals surface area contributed by atoms with E-state index >= 15 is 0 Å². The summed E-state index contributed by atoms with van der Waals surface area (Å²) in [5.74, 6) is -0.105. The quantitative estimate of drug-likeness (QED) is 0.694. The average molecular weight is 417 g/mol. The van der Waals surface area contributed by atoms with Crippen molar-refractivity contribution in [2.75, 3.05) is 18.5 Å². The molecule has 0 aliphatic carbocycles. The first-order chi connectivity index (χ1) is 13.6. The molecule has 29 heavy (non-hydrogen) atoms. The number of para-hydroxylation sites is 1. The Bertz CT molecular complexity index is 903. The number of carbonyl (C=O) groups excluding carboxylic acids is 2. The van der Waals surface area contributed by atoms with Gasteiger partial charge in [0, 0.05) is 16.0 Å². The Morgan fingerprint density at radius 2 is 1.86 bits per heavy atom. The summed E-state index contributed by atoms with van der Waals surface area (Å²) in [5.41, 5.74) is 0.896. The van der Waals surface area contributed by atoms with Crippen LogP contribution in [0.4, 0.5) is 5.00 Å². The Morgan fingerprint density at radius 1 is 1.17 bits per heavy atom. The van der Waals surface area contributed by atoms with E-state index in [-0.39, 0.29) is 30.2 Å². The summed E-state index contributed by atoms with van der Waals surface area (Å²) in [7, 11) is 0. The molecule has 2 heterocycles. The summed E-state index contributed by atoms with van der Waals surface area (Å²) in [6.07, 6.45) is 0.673. The van der Waals surface area contributed by atoms with Gasteiger partial charge >= 0.3 is 5.97 Å². The van der Waals surface area contributed by atoms with Gasteiger partial charge in [0.2, 0.25) is 0 Å². The molecule has 0 spiro atoms. The van der Waals surface area contributed by atoms with Crippen molar-refractivity contribution in [1.29, 1.82) is 0 Å². The molecule has 156 valence electrons. The molecule has 0 saturated carbocycles. The fourth-order valence-electron chi connectivity index (χ4n) is 3.86. The summed E-state index contributed by atoms with van der Waals surface area (Å²) in [6, 6.07) is 9.15. The number of hydrogen-bond donors (Lipinski definition) is 2. The zero-order valence-corrected chi connectivity index (χ0v) is 18.4. The van der Waals surface area contributed by atoms with Crippen LogP contribution >= 0.6 is 11.3 Å². The molecule has 1 amide bonds. The van der Waals surface area contributed by atoms with Crippen LogP contribution in [0.5, 0.6) is 5.75 Å². The van der Waals surface area contributed by atoms with Gasteiger partial charge in [-0.2, -0.15) is 0 Å². The minimum Gasteiger partial charge on any atom is -0.484 e. The van der Waals surface area contributed by atoms with Gasteiger partial charge in [-0.1, -0.05) is 18.2 Å². The number of carbonyl (C=O) groups is 2. The van der Waals surface area contributed by atoms with Crippen LogP contribution < -0.4 is 15.4 Å². The first-order valence-electron chi connectivity index (χ1n) is 9.73. The minimum absolute atomic E-state index is 0.137. The number of esters is 1. The van der Waals surface area contributed by atoms with E-state index in [2.05, 4.69) is 38.3 Å². The van der Waals surface area contributed by atoms with Gasteiger partial charge < -0.3 is 20.1 Å². The van der Waals surface area contributed by atoms with Crippen molar-refractivity contribution in [3.05, 3.63) is 46.3 Å². The Morgan fingerprint density at radius 3 is 2.52 bits per heavy atom. The topological polar surface area (TPSA) is 76.7 Å². The second kappa shape index (κ2) is 8.16. The molecule has 7 heteroatoms. The molecule has 1 aliphatic rings. The first-order valence-corrected chi connectivity index (χ1v) is 10.5. The lowest BCUT2D eigenvalue weighted by molar-refractivity contribution is -0.118. The standard InChI is InChI=1S/C22H28N2O4S/c1-6-27-20(26)17-15-12-21(2,3)24-22(4,5)18(15)29-19(17)23-16(25)13-28-14-10-8-7-9-11-14/h7-11,24H,6,12-13H2,1-5H3,(H,23,25). The van der Waals surface area contributed by atoms with E-state index in [0.717, 1.165) is 10.4 Å². The Hall–Kier alpha value is -2.38. The Balaban J connectivity index is 1.89. The lowest BCUT2D eigenvalue weighted by Crippen LogP contribution is -2.55. The predicted octanol–water partition coefficient (Wildman–Crippen LogP) is 4.10. The van der Waals surface area contributed by atoms with Crippen molar-refractivity contribution in [1.82, 2.24) is 5.32 Å². The predicted molar refractivity (Wildman–Crippen MR) is 115 cm³/mol. The molecule has 2 aromatic rings. The number of thiophene rings is 1. The average Bonchev–Trinajstić information content (AvgIpc) is 2.98. The third-order valence-electron chi connectivity index (χ3n) is 4.69. The number of fused-ring (bicyclic) bond motifs is 1. The third kappa shape index (κ3) is 4.79. The highest BCUT2D eigenvalue weighted by atomic mass is 32.1. The van der Waals surface area contributed by atoms with Crippen molar-refractivity contribution >= 4 is 28.2 Å². The highest BCUT2D eigenvalue weighted by molar-refractivity contribution is 7.17. The molecule has 0 bridgehead atoms. The first kappa shape index (κ1) is 21.3. The normalized spacial score (nSPS) is 16.6. The maximum atomic E-state index is 12.8. The molecule has 0 radical (unpaired) electrons. The van der Waals surface area contributed by atoms with Crippen LogP contribution in [0.2, 0.25) is 0 Å². The number of rotatable bonds is 6. The van der Waals surface area contributed by atoms with E-state index in [9.17, 15) is 9.59 Å². The minimum atomic E-state index is -0.405. The maximum Gasteiger partial charge on any atom is 0.341 e. The van der Waals surface area contributed by atoms with Crippen molar-refractivity contribution in [3.63, 3.8) is 0 Å². The second-order valence-corrected chi connectivity index (χ2v) is 9.32. The Labute approximate surface area is 175 Å². The van der Waals surface area contributed by atoms with Gasteiger partial charge in [0.15, 0.2) is 6.61 Å². The molecule has 0 fully saturated rings. The molecule has 1 aromatic carbocycles. The van der Waals surface area contributed by atoms with Crippen LogP contribution in [0.25, 0.3) is 0 Å².